The minimum Gasteiger partial charge on any atom is -0.456 e. The van der Waals surface area contributed by atoms with E-state index in [0.29, 0.717) is 0 Å². The first-order chi connectivity index (χ1) is 11.3. The number of hydrogen-bond donors (Lipinski definition) is 2. The molecule has 0 heterocycles. The number of rotatable bonds is 3. The fourth-order valence-corrected chi connectivity index (χ4v) is 2.10. The maximum Gasteiger partial charge on any atom is 0.433 e. The molecule has 0 spiro atoms. The number of esters is 1. The summed E-state index contributed by atoms with van der Waals surface area (Å²) < 4.78 is 45.3. The van der Waals surface area contributed by atoms with Crippen molar-refractivity contribution in [2.24, 2.45) is 0 Å². The highest BCUT2D eigenvalue weighted by Crippen LogP contribution is 2.43. The Balaban J connectivity index is 3.56. The van der Waals surface area contributed by atoms with Gasteiger partial charge in [0, 0.05) is 27.7 Å². The molecular weight excluding hydrogens is 359 g/mol. The number of aliphatic hydroxyl groups is 1. The molecule has 0 saturated carbocycles. The molecule has 138 valence electrons. The molecule has 0 aliphatic carbocycles. The summed E-state index contributed by atoms with van der Waals surface area (Å²) in [6.45, 7) is 6.65. The fraction of sp³-hybridized carbons (Fsp3) is 0.471. The number of alkyl halides is 3. The van der Waals surface area contributed by atoms with Gasteiger partial charge in [0.25, 0.3) is 5.60 Å². The molecule has 1 aromatic rings. The van der Waals surface area contributed by atoms with Crippen molar-refractivity contribution in [2.75, 3.05) is 11.9 Å². The van der Waals surface area contributed by atoms with Gasteiger partial charge in [-0.2, -0.15) is 13.2 Å². The first-order valence-corrected chi connectivity index (χ1v) is 7.75. The number of halogens is 4. The van der Waals surface area contributed by atoms with Crippen LogP contribution in [0.3, 0.4) is 0 Å². The zero-order chi connectivity index (χ0) is 19.5. The van der Waals surface area contributed by atoms with Crippen LogP contribution in [-0.2, 0) is 15.1 Å². The highest BCUT2D eigenvalue weighted by Gasteiger charge is 2.55. The summed E-state index contributed by atoms with van der Waals surface area (Å²) in [6.07, 6.45) is -5.18. The lowest BCUT2D eigenvalue weighted by atomic mass is 9.91. The lowest BCUT2D eigenvalue weighted by Gasteiger charge is -2.31. The smallest absolute Gasteiger partial charge is 0.433 e. The predicted molar refractivity (Wildman–Crippen MR) is 89.2 cm³/mol. The van der Waals surface area contributed by atoms with Crippen molar-refractivity contribution in [3.05, 3.63) is 28.8 Å². The summed E-state index contributed by atoms with van der Waals surface area (Å²) in [4.78, 5) is 11.3. The van der Waals surface area contributed by atoms with E-state index < -0.39 is 28.8 Å². The van der Waals surface area contributed by atoms with Gasteiger partial charge in [0.1, 0.15) is 0 Å². The summed E-state index contributed by atoms with van der Waals surface area (Å²) in [5.41, 5.74) is -4.80. The summed E-state index contributed by atoms with van der Waals surface area (Å²) in [5, 5.41) is 13.2. The van der Waals surface area contributed by atoms with E-state index in [1.165, 1.54) is 19.1 Å². The molecule has 1 atom stereocenters. The van der Waals surface area contributed by atoms with E-state index in [9.17, 15) is 23.1 Å². The molecule has 8 heteroatoms. The van der Waals surface area contributed by atoms with Gasteiger partial charge >= 0.3 is 12.1 Å². The van der Waals surface area contributed by atoms with Crippen molar-refractivity contribution < 1.29 is 27.8 Å². The molecule has 2 N–H and O–H groups in total. The third-order valence-electron chi connectivity index (χ3n) is 2.91. The maximum atomic E-state index is 13.6. The highest BCUT2D eigenvalue weighted by molar-refractivity contribution is 6.30. The average molecular weight is 378 g/mol. The lowest BCUT2D eigenvalue weighted by molar-refractivity contribution is -0.240. The monoisotopic (exact) mass is 377 g/mol. The summed E-state index contributed by atoms with van der Waals surface area (Å²) in [7, 11) is 0. The molecule has 0 amide bonds. The number of carbonyl (C=O) groups excluding carboxylic acids is 1. The molecule has 0 aliphatic heterocycles. The van der Waals surface area contributed by atoms with Gasteiger partial charge in [-0.1, -0.05) is 11.6 Å². The number of benzene rings is 1. The van der Waals surface area contributed by atoms with Crippen molar-refractivity contribution in [1.29, 1.82) is 0 Å². The number of anilines is 1. The van der Waals surface area contributed by atoms with E-state index in [0.717, 1.165) is 6.07 Å². The molecule has 4 nitrogen and oxygen atoms in total. The van der Waals surface area contributed by atoms with Crippen LogP contribution in [0.1, 0.15) is 33.3 Å². The Morgan fingerprint density at radius 1 is 1.32 bits per heavy atom. The fourth-order valence-electron chi connectivity index (χ4n) is 1.93. The van der Waals surface area contributed by atoms with Gasteiger partial charge in [0.2, 0.25) is 0 Å². The van der Waals surface area contributed by atoms with Crippen molar-refractivity contribution in [3.8, 4) is 11.8 Å². The first-order valence-electron chi connectivity index (χ1n) is 7.37. The Bertz CT molecular complexity index is 702. The molecule has 0 fully saturated rings. The van der Waals surface area contributed by atoms with Crippen LogP contribution in [0.5, 0.6) is 0 Å². The zero-order valence-corrected chi connectivity index (χ0v) is 15.0. The second-order valence-corrected chi connectivity index (χ2v) is 6.68. The highest BCUT2D eigenvalue weighted by atomic mass is 35.5. The largest absolute Gasteiger partial charge is 0.456 e. The van der Waals surface area contributed by atoms with Crippen LogP contribution in [-0.4, -0.2) is 29.4 Å². The van der Waals surface area contributed by atoms with E-state index in [1.54, 1.807) is 32.6 Å². The molecule has 1 aromatic carbocycles. The number of nitrogens with one attached hydrogen (secondary N) is 1. The van der Waals surface area contributed by atoms with Crippen LogP contribution < -0.4 is 5.32 Å². The first kappa shape index (κ1) is 21.1. The Hall–Kier alpha value is -1.91. The molecule has 0 saturated heterocycles. The van der Waals surface area contributed by atoms with E-state index in [1.807, 2.05) is 0 Å². The topological polar surface area (TPSA) is 58.6 Å². The molecule has 25 heavy (non-hydrogen) atoms. The van der Waals surface area contributed by atoms with Gasteiger partial charge in [0.15, 0.2) is 0 Å². The summed E-state index contributed by atoms with van der Waals surface area (Å²) >= 11 is 5.81. The minimum atomic E-state index is -5.18. The van der Waals surface area contributed by atoms with Crippen LogP contribution in [0.2, 0.25) is 5.02 Å². The van der Waals surface area contributed by atoms with Crippen molar-refractivity contribution in [1.82, 2.24) is 0 Å². The minimum absolute atomic E-state index is 0.00474. The van der Waals surface area contributed by atoms with Crippen molar-refractivity contribution in [3.63, 3.8) is 0 Å². The Morgan fingerprint density at radius 2 is 1.92 bits per heavy atom. The van der Waals surface area contributed by atoms with Crippen LogP contribution >= 0.6 is 11.6 Å². The van der Waals surface area contributed by atoms with E-state index in [4.69, 9.17) is 11.6 Å². The molecule has 1 unspecified atom stereocenters. The number of ether oxygens (including phenoxy) is 1. The molecule has 0 aliphatic rings. The normalized spacial score (nSPS) is 14.1. The molecule has 0 radical (unpaired) electrons. The zero-order valence-electron chi connectivity index (χ0n) is 14.2. The third-order valence-corrected chi connectivity index (χ3v) is 3.15. The van der Waals surface area contributed by atoms with E-state index >= 15 is 0 Å². The van der Waals surface area contributed by atoms with E-state index in [-0.39, 0.29) is 17.3 Å². The molecule has 0 bridgehead atoms. The van der Waals surface area contributed by atoms with Gasteiger partial charge in [-0.15, -0.1) is 0 Å². The van der Waals surface area contributed by atoms with E-state index in [2.05, 4.69) is 10.1 Å². The van der Waals surface area contributed by atoms with Gasteiger partial charge in [-0.3, -0.25) is 0 Å². The Labute approximate surface area is 149 Å². The van der Waals surface area contributed by atoms with Crippen LogP contribution in [0.15, 0.2) is 18.2 Å². The number of carbonyl (C=O) groups is 1. The summed E-state index contributed by atoms with van der Waals surface area (Å²) in [5.74, 6) is 2.12. The van der Waals surface area contributed by atoms with Gasteiger partial charge in [-0.05, 0) is 51.8 Å². The van der Waals surface area contributed by atoms with Crippen molar-refractivity contribution >= 4 is 23.3 Å². The van der Waals surface area contributed by atoms with Crippen LogP contribution in [0.25, 0.3) is 0 Å². The Kier molecular flexibility index (Phi) is 6.38. The van der Waals surface area contributed by atoms with Gasteiger partial charge in [0.05, 0.1) is 6.61 Å². The van der Waals surface area contributed by atoms with Gasteiger partial charge in [-0.25, -0.2) is 4.79 Å². The number of hydrogen-bond acceptors (Lipinski definition) is 4. The van der Waals surface area contributed by atoms with Crippen molar-refractivity contribution in [2.45, 2.75) is 45.0 Å². The second-order valence-electron chi connectivity index (χ2n) is 6.24. The van der Waals surface area contributed by atoms with Crippen LogP contribution in [0.4, 0.5) is 18.9 Å². The molecule has 1 rings (SSSR count). The molecular formula is C17H19ClF3NO3. The Morgan fingerprint density at radius 3 is 2.40 bits per heavy atom. The predicted octanol–water partition coefficient (Wildman–Crippen LogP) is 3.87. The molecule has 0 aromatic heterocycles. The third kappa shape index (κ3) is 5.55. The lowest BCUT2D eigenvalue weighted by Crippen LogP contribution is -2.42. The standard InChI is InChI=1S/C17H19ClF3NO3/c1-5-25-14(23)8-9-16(24,17(19,20)21)12-10-11(18)6-7-13(12)22-15(2,3)4/h6-7,10,22,24H,5H2,1-4H3. The van der Waals surface area contributed by atoms with Crippen LogP contribution in [0, 0.1) is 11.8 Å². The summed E-state index contributed by atoms with van der Waals surface area (Å²) in [6, 6.07) is 3.66. The second kappa shape index (κ2) is 7.54. The maximum absolute atomic E-state index is 13.6. The quantitative estimate of drug-likeness (QED) is 0.477. The average Bonchev–Trinajstić information content (AvgIpc) is 2.44. The van der Waals surface area contributed by atoms with Gasteiger partial charge < -0.3 is 15.2 Å². The SMILES string of the molecule is CCOC(=O)C#CC(O)(c1cc(Cl)ccc1NC(C)(C)C)C(F)(F)F.